The SMILES string of the molecule is c1ccc2c(c1)CC(n1ccnc1-c1cc3n(n1)CCCNC3)CO2. The van der Waals surface area contributed by atoms with Gasteiger partial charge in [-0.05, 0) is 30.7 Å². The fraction of sp³-hybridized carbons (Fsp3) is 0.368. The minimum absolute atomic E-state index is 0.243. The Hall–Kier alpha value is -2.60. The first-order chi connectivity index (χ1) is 12.4. The number of hydrogen-bond acceptors (Lipinski definition) is 4. The normalized spacial score (nSPS) is 19.6. The molecular weight excluding hydrogens is 314 g/mol. The van der Waals surface area contributed by atoms with E-state index in [1.807, 2.05) is 24.5 Å². The van der Waals surface area contributed by atoms with E-state index in [0.717, 1.165) is 49.7 Å². The number of rotatable bonds is 2. The predicted molar refractivity (Wildman–Crippen MR) is 94.4 cm³/mol. The first-order valence-corrected chi connectivity index (χ1v) is 8.90. The summed E-state index contributed by atoms with van der Waals surface area (Å²) < 4.78 is 10.3. The van der Waals surface area contributed by atoms with Crippen LogP contribution in [0, 0.1) is 0 Å². The molecule has 3 aromatic rings. The number of hydrogen-bond donors (Lipinski definition) is 1. The molecule has 1 atom stereocenters. The van der Waals surface area contributed by atoms with Crippen LogP contribution < -0.4 is 10.1 Å². The Balaban J connectivity index is 1.47. The molecule has 25 heavy (non-hydrogen) atoms. The van der Waals surface area contributed by atoms with Gasteiger partial charge in [0, 0.05) is 31.9 Å². The third-order valence-electron chi connectivity index (χ3n) is 5.04. The summed E-state index contributed by atoms with van der Waals surface area (Å²) in [7, 11) is 0. The molecular formula is C19H21N5O. The molecule has 2 aliphatic rings. The fourth-order valence-electron chi connectivity index (χ4n) is 3.77. The van der Waals surface area contributed by atoms with E-state index in [0.29, 0.717) is 6.61 Å². The van der Waals surface area contributed by atoms with Crippen molar-refractivity contribution in [1.82, 2.24) is 24.6 Å². The molecule has 0 fully saturated rings. The van der Waals surface area contributed by atoms with Crippen LogP contribution in [0.4, 0.5) is 0 Å². The van der Waals surface area contributed by atoms with Crippen molar-refractivity contribution in [2.24, 2.45) is 0 Å². The van der Waals surface area contributed by atoms with Crippen molar-refractivity contribution in [2.45, 2.75) is 32.0 Å². The van der Waals surface area contributed by atoms with Crippen LogP contribution in [0.5, 0.6) is 5.75 Å². The van der Waals surface area contributed by atoms with Crippen molar-refractivity contribution < 1.29 is 4.74 Å². The maximum Gasteiger partial charge on any atom is 0.160 e. The molecule has 1 N–H and O–H groups in total. The van der Waals surface area contributed by atoms with E-state index in [1.165, 1.54) is 11.3 Å². The van der Waals surface area contributed by atoms with Gasteiger partial charge in [0.05, 0.1) is 11.7 Å². The Morgan fingerprint density at radius 3 is 3.20 bits per heavy atom. The van der Waals surface area contributed by atoms with Crippen LogP contribution in [0.2, 0.25) is 0 Å². The molecule has 6 heteroatoms. The molecule has 128 valence electrons. The number of benzene rings is 1. The third-order valence-corrected chi connectivity index (χ3v) is 5.04. The number of aryl methyl sites for hydroxylation is 1. The van der Waals surface area contributed by atoms with E-state index in [1.54, 1.807) is 0 Å². The monoisotopic (exact) mass is 335 g/mol. The van der Waals surface area contributed by atoms with Gasteiger partial charge in [-0.25, -0.2) is 4.98 Å². The van der Waals surface area contributed by atoms with Gasteiger partial charge in [0.2, 0.25) is 0 Å². The summed E-state index contributed by atoms with van der Waals surface area (Å²) in [5, 5.41) is 8.25. The van der Waals surface area contributed by atoms with Gasteiger partial charge < -0.3 is 14.6 Å². The first kappa shape index (κ1) is 14.7. The van der Waals surface area contributed by atoms with Crippen LogP contribution in [0.25, 0.3) is 11.5 Å². The lowest BCUT2D eigenvalue weighted by atomic mass is 10.0. The Bertz CT molecular complexity index is 873. The van der Waals surface area contributed by atoms with E-state index in [-0.39, 0.29) is 6.04 Å². The van der Waals surface area contributed by atoms with Crippen LogP contribution in [0.15, 0.2) is 42.7 Å². The van der Waals surface area contributed by atoms with E-state index < -0.39 is 0 Å². The third kappa shape index (κ3) is 2.62. The maximum atomic E-state index is 5.96. The second-order valence-electron chi connectivity index (χ2n) is 6.71. The van der Waals surface area contributed by atoms with E-state index in [4.69, 9.17) is 9.84 Å². The molecule has 0 saturated carbocycles. The van der Waals surface area contributed by atoms with Gasteiger partial charge in [0.15, 0.2) is 5.82 Å². The molecule has 0 aliphatic carbocycles. The van der Waals surface area contributed by atoms with Crippen LogP contribution in [0.1, 0.15) is 23.7 Å². The number of aromatic nitrogens is 4. The number of ether oxygens (including phenoxy) is 1. The molecule has 2 aromatic heterocycles. The topological polar surface area (TPSA) is 56.9 Å². The maximum absolute atomic E-state index is 5.96. The zero-order chi connectivity index (χ0) is 16.6. The summed E-state index contributed by atoms with van der Waals surface area (Å²) in [5.41, 5.74) is 3.43. The number of nitrogens with one attached hydrogen (secondary N) is 1. The van der Waals surface area contributed by atoms with E-state index in [9.17, 15) is 0 Å². The standard InChI is InChI=1S/C19H21N5O/c1-2-5-18-14(4-1)10-16(13-25-18)23-9-7-21-19(23)17-11-15-12-20-6-3-8-24(15)22-17/h1-2,4-5,7,9,11,16,20H,3,6,8,10,12-13H2. The summed E-state index contributed by atoms with van der Waals surface area (Å²) in [6.07, 6.45) is 5.96. The van der Waals surface area contributed by atoms with Gasteiger partial charge in [-0.15, -0.1) is 0 Å². The highest BCUT2D eigenvalue weighted by atomic mass is 16.5. The number of imidazole rings is 1. The van der Waals surface area contributed by atoms with Crippen LogP contribution in [-0.4, -0.2) is 32.5 Å². The van der Waals surface area contributed by atoms with Crippen LogP contribution in [0.3, 0.4) is 0 Å². The minimum atomic E-state index is 0.243. The summed E-state index contributed by atoms with van der Waals surface area (Å²) in [6, 6.07) is 10.7. The molecule has 4 heterocycles. The fourth-order valence-corrected chi connectivity index (χ4v) is 3.77. The Morgan fingerprint density at radius 1 is 1.24 bits per heavy atom. The van der Waals surface area contributed by atoms with Crippen molar-refractivity contribution in [2.75, 3.05) is 13.2 Å². The van der Waals surface area contributed by atoms with E-state index in [2.05, 4.69) is 37.7 Å². The molecule has 0 spiro atoms. The zero-order valence-electron chi connectivity index (χ0n) is 14.1. The highest BCUT2D eigenvalue weighted by molar-refractivity contribution is 5.51. The van der Waals surface area contributed by atoms with Gasteiger partial charge in [0.1, 0.15) is 18.1 Å². The summed E-state index contributed by atoms with van der Waals surface area (Å²) in [5.74, 6) is 1.92. The predicted octanol–water partition coefficient (Wildman–Crippen LogP) is 2.42. The van der Waals surface area contributed by atoms with Crippen molar-refractivity contribution in [3.05, 3.63) is 54.0 Å². The number of fused-ring (bicyclic) bond motifs is 2. The molecule has 5 rings (SSSR count). The number of para-hydroxylation sites is 1. The average molecular weight is 335 g/mol. The molecule has 0 bridgehead atoms. The highest BCUT2D eigenvalue weighted by Gasteiger charge is 2.24. The van der Waals surface area contributed by atoms with Crippen LogP contribution in [-0.2, 0) is 19.5 Å². The van der Waals surface area contributed by atoms with Gasteiger partial charge in [0.25, 0.3) is 0 Å². The summed E-state index contributed by atoms with van der Waals surface area (Å²) in [6.45, 7) is 3.54. The molecule has 0 radical (unpaired) electrons. The zero-order valence-corrected chi connectivity index (χ0v) is 14.1. The largest absolute Gasteiger partial charge is 0.491 e. The van der Waals surface area contributed by atoms with Crippen molar-refractivity contribution in [3.8, 4) is 17.3 Å². The van der Waals surface area contributed by atoms with Crippen molar-refractivity contribution >= 4 is 0 Å². The lowest BCUT2D eigenvalue weighted by molar-refractivity contribution is 0.225. The molecule has 0 saturated heterocycles. The van der Waals surface area contributed by atoms with Crippen LogP contribution >= 0.6 is 0 Å². The smallest absolute Gasteiger partial charge is 0.160 e. The Kier molecular flexibility index (Phi) is 3.56. The van der Waals surface area contributed by atoms with Crippen molar-refractivity contribution in [3.63, 3.8) is 0 Å². The first-order valence-electron chi connectivity index (χ1n) is 8.90. The second-order valence-corrected chi connectivity index (χ2v) is 6.71. The second kappa shape index (κ2) is 6.04. The van der Waals surface area contributed by atoms with Crippen molar-refractivity contribution in [1.29, 1.82) is 0 Å². The quantitative estimate of drug-likeness (QED) is 0.781. The molecule has 2 aliphatic heterocycles. The van der Waals surface area contributed by atoms with Gasteiger partial charge in [-0.1, -0.05) is 18.2 Å². The lowest BCUT2D eigenvalue weighted by Crippen LogP contribution is -2.24. The van der Waals surface area contributed by atoms with Gasteiger partial charge in [-0.3, -0.25) is 4.68 Å². The lowest BCUT2D eigenvalue weighted by Gasteiger charge is -2.27. The molecule has 1 aromatic carbocycles. The summed E-state index contributed by atoms with van der Waals surface area (Å²) >= 11 is 0. The minimum Gasteiger partial charge on any atom is -0.491 e. The molecule has 0 amide bonds. The van der Waals surface area contributed by atoms with Gasteiger partial charge in [-0.2, -0.15) is 5.10 Å². The average Bonchev–Trinajstić information content (AvgIpc) is 3.23. The Labute approximate surface area is 146 Å². The number of nitrogens with zero attached hydrogens (tertiary/aromatic N) is 4. The molecule has 1 unspecified atom stereocenters. The van der Waals surface area contributed by atoms with Gasteiger partial charge >= 0.3 is 0 Å². The van der Waals surface area contributed by atoms with E-state index >= 15 is 0 Å². The molecule has 6 nitrogen and oxygen atoms in total. The highest BCUT2D eigenvalue weighted by Crippen LogP contribution is 2.31. The Morgan fingerprint density at radius 2 is 2.20 bits per heavy atom. The summed E-state index contributed by atoms with van der Waals surface area (Å²) in [4.78, 5) is 4.60.